The van der Waals surface area contributed by atoms with Crippen LogP contribution < -0.4 is 10.2 Å². The van der Waals surface area contributed by atoms with Crippen LogP contribution in [0.4, 0.5) is 11.8 Å². The fourth-order valence-electron chi connectivity index (χ4n) is 4.39. The maximum absolute atomic E-state index is 5.78. The predicted molar refractivity (Wildman–Crippen MR) is 131 cm³/mol. The molecule has 0 spiro atoms. The van der Waals surface area contributed by atoms with Gasteiger partial charge in [0.1, 0.15) is 5.82 Å². The Balaban J connectivity index is 1.23. The molecule has 2 aliphatic rings. The lowest BCUT2D eigenvalue weighted by molar-refractivity contribution is 0.120. The van der Waals surface area contributed by atoms with Gasteiger partial charge in [0.05, 0.1) is 11.6 Å². The van der Waals surface area contributed by atoms with Crippen LogP contribution >= 0.6 is 0 Å². The molecule has 32 heavy (non-hydrogen) atoms. The van der Waals surface area contributed by atoms with Crippen molar-refractivity contribution in [2.75, 3.05) is 56.1 Å². The second kappa shape index (κ2) is 10.1. The first kappa shape index (κ1) is 20.9. The van der Waals surface area contributed by atoms with Gasteiger partial charge >= 0.3 is 0 Å². The Labute approximate surface area is 189 Å². The maximum atomic E-state index is 5.78. The lowest BCUT2D eigenvalue weighted by Gasteiger charge is -2.34. The third kappa shape index (κ3) is 5.09. The van der Waals surface area contributed by atoms with E-state index in [0.717, 1.165) is 81.4 Å². The number of nitrogens with one attached hydrogen (secondary N) is 1. The molecule has 0 saturated carbocycles. The first-order valence-corrected chi connectivity index (χ1v) is 11.7. The summed E-state index contributed by atoms with van der Waals surface area (Å²) in [5.74, 6) is 1.73. The average Bonchev–Trinajstić information content (AvgIpc) is 3.37. The van der Waals surface area contributed by atoms with Crippen molar-refractivity contribution in [3.8, 4) is 0 Å². The third-order valence-corrected chi connectivity index (χ3v) is 6.24. The van der Waals surface area contributed by atoms with Crippen LogP contribution in [-0.4, -0.2) is 66.8 Å². The molecule has 3 heterocycles. The molecule has 1 N–H and O–H groups in total. The number of nitrogens with zero attached hydrogens (tertiary/aromatic N) is 4. The van der Waals surface area contributed by atoms with Gasteiger partial charge in [0.2, 0.25) is 5.95 Å². The highest BCUT2D eigenvalue weighted by atomic mass is 16.5. The Morgan fingerprint density at radius 2 is 1.78 bits per heavy atom. The topological polar surface area (TPSA) is 53.5 Å². The van der Waals surface area contributed by atoms with E-state index in [4.69, 9.17) is 14.7 Å². The van der Waals surface area contributed by atoms with E-state index in [1.54, 1.807) is 0 Å². The smallest absolute Gasteiger partial charge is 0.227 e. The lowest BCUT2D eigenvalue weighted by Crippen LogP contribution is -2.47. The Morgan fingerprint density at radius 1 is 0.969 bits per heavy atom. The highest BCUT2D eigenvalue weighted by molar-refractivity contribution is 5.90. The average molecular weight is 430 g/mol. The normalized spacial score (nSPS) is 19.8. The molecule has 1 unspecified atom stereocenters. The number of rotatable bonds is 7. The van der Waals surface area contributed by atoms with E-state index in [9.17, 15) is 0 Å². The van der Waals surface area contributed by atoms with Crippen molar-refractivity contribution in [3.05, 3.63) is 66.2 Å². The van der Waals surface area contributed by atoms with Gasteiger partial charge in [-0.3, -0.25) is 4.90 Å². The van der Waals surface area contributed by atoms with Crippen molar-refractivity contribution < 1.29 is 4.74 Å². The Kier molecular flexibility index (Phi) is 6.61. The molecule has 2 saturated heterocycles. The molecule has 166 valence electrons. The van der Waals surface area contributed by atoms with Crippen molar-refractivity contribution in [3.63, 3.8) is 0 Å². The summed E-state index contributed by atoms with van der Waals surface area (Å²) in [5, 5.41) is 4.61. The summed E-state index contributed by atoms with van der Waals surface area (Å²) in [6.07, 6.45) is 6.99. The van der Waals surface area contributed by atoms with Gasteiger partial charge in [0.25, 0.3) is 0 Å². The number of aromatic nitrogens is 2. The Morgan fingerprint density at radius 3 is 2.59 bits per heavy atom. The Hall–Kier alpha value is -2.96. The first-order valence-electron chi connectivity index (χ1n) is 11.7. The minimum Gasteiger partial charge on any atom is -0.376 e. The summed E-state index contributed by atoms with van der Waals surface area (Å²) in [6.45, 7) is 6.51. The van der Waals surface area contributed by atoms with Gasteiger partial charge in [0.15, 0.2) is 0 Å². The largest absolute Gasteiger partial charge is 0.376 e. The van der Waals surface area contributed by atoms with E-state index in [2.05, 4.69) is 69.7 Å². The molecule has 0 bridgehead atoms. The monoisotopic (exact) mass is 429 g/mol. The van der Waals surface area contributed by atoms with Crippen molar-refractivity contribution >= 4 is 28.7 Å². The molecule has 0 amide bonds. The number of ether oxygens (including phenoxy) is 1. The number of piperazine rings is 1. The fraction of sp³-hybridized carbons (Fsp3) is 0.385. The molecular formula is C26H31N5O. The second-order valence-electron chi connectivity index (χ2n) is 8.51. The molecule has 2 fully saturated rings. The van der Waals surface area contributed by atoms with Gasteiger partial charge in [-0.1, -0.05) is 54.6 Å². The van der Waals surface area contributed by atoms with Crippen LogP contribution in [0.25, 0.3) is 17.0 Å². The summed E-state index contributed by atoms with van der Waals surface area (Å²) in [6, 6.07) is 18.7. The number of fused-ring (bicyclic) bond motifs is 1. The van der Waals surface area contributed by atoms with E-state index >= 15 is 0 Å². The van der Waals surface area contributed by atoms with Crippen LogP contribution in [0.15, 0.2) is 60.7 Å². The molecule has 6 nitrogen and oxygen atoms in total. The number of anilines is 2. The molecular weight excluding hydrogens is 398 g/mol. The van der Waals surface area contributed by atoms with Crippen LogP contribution in [0.1, 0.15) is 18.4 Å². The number of hydrogen-bond donors (Lipinski definition) is 1. The van der Waals surface area contributed by atoms with Gasteiger partial charge < -0.3 is 15.0 Å². The van der Waals surface area contributed by atoms with E-state index in [-0.39, 0.29) is 6.10 Å². The zero-order valence-corrected chi connectivity index (χ0v) is 18.5. The van der Waals surface area contributed by atoms with Crippen molar-refractivity contribution in [2.45, 2.75) is 18.9 Å². The molecule has 0 aliphatic carbocycles. The quantitative estimate of drug-likeness (QED) is 0.611. The standard InChI is InChI=1S/C26H31N5O/c1-2-8-21(9-3-1)10-6-14-30-15-17-31(18-16-30)26-28-24-13-5-4-12-23(24)25(29-26)27-20-22-11-7-19-32-22/h1-6,8-10,12-13,22H,7,11,14-20H2,(H,27,28,29)/b10-6+. The van der Waals surface area contributed by atoms with Crippen molar-refractivity contribution in [1.82, 2.24) is 14.9 Å². The fourth-order valence-corrected chi connectivity index (χ4v) is 4.39. The van der Waals surface area contributed by atoms with Gasteiger partial charge in [-0.2, -0.15) is 4.98 Å². The van der Waals surface area contributed by atoms with Crippen LogP contribution in [0.2, 0.25) is 0 Å². The summed E-state index contributed by atoms with van der Waals surface area (Å²) < 4.78 is 5.78. The predicted octanol–water partition coefficient (Wildman–Crippen LogP) is 4.06. The van der Waals surface area contributed by atoms with Crippen molar-refractivity contribution in [1.29, 1.82) is 0 Å². The first-order chi connectivity index (χ1) is 15.8. The SMILES string of the molecule is C(=C\c1ccccc1)/CN1CCN(c2nc(NCC3CCCO3)c3ccccc3n2)CC1. The summed E-state index contributed by atoms with van der Waals surface area (Å²) in [7, 11) is 0. The minimum atomic E-state index is 0.277. The van der Waals surface area contributed by atoms with E-state index in [1.165, 1.54) is 5.56 Å². The summed E-state index contributed by atoms with van der Waals surface area (Å²) >= 11 is 0. The van der Waals surface area contributed by atoms with E-state index in [0.29, 0.717) is 0 Å². The summed E-state index contributed by atoms with van der Waals surface area (Å²) in [5.41, 5.74) is 2.24. The minimum absolute atomic E-state index is 0.277. The molecule has 0 radical (unpaired) electrons. The van der Waals surface area contributed by atoms with Crippen LogP contribution in [-0.2, 0) is 4.74 Å². The zero-order valence-electron chi connectivity index (χ0n) is 18.5. The van der Waals surface area contributed by atoms with Gasteiger partial charge in [-0.15, -0.1) is 0 Å². The van der Waals surface area contributed by atoms with Gasteiger partial charge in [0, 0.05) is 51.3 Å². The third-order valence-electron chi connectivity index (χ3n) is 6.24. The highest BCUT2D eigenvalue weighted by Gasteiger charge is 2.21. The summed E-state index contributed by atoms with van der Waals surface area (Å²) in [4.78, 5) is 14.6. The Bertz CT molecular complexity index is 1040. The molecule has 2 aromatic carbocycles. The maximum Gasteiger partial charge on any atom is 0.227 e. The van der Waals surface area contributed by atoms with Crippen LogP contribution in [0, 0.1) is 0 Å². The molecule has 1 atom stereocenters. The molecule has 1 aromatic heterocycles. The number of hydrogen-bond acceptors (Lipinski definition) is 6. The van der Waals surface area contributed by atoms with Gasteiger partial charge in [-0.25, -0.2) is 4.98 Å². The van der Waals surface area contributed by atoms with Gasteiger partial charge in [-0.05, 0) is 30.5 Å². The van der Waals surface area contributed by atoms with Crippen LogP contribution in [0.5, 0.6) is 0 Å². The van der Waals surface area contributed by atoms with Crippen LogP contribution in [0.3, 0.4) is 0 Å². The number of benzene rings is 2. The number of para-hydroxylation sites is 1. The second-order valence-corrected chi connectivity index (χ2v) is 8.51. The van der Waals surface area contributed by atoms with Crippen molar-refractivity contribution in [2.24, 2.45) is 0 Å². The lowest BCUT2D eigenvalue weighted by atomic mass is 10.2. The van der Waals surface area contributed by atoms with E-state index in [1.807, 2.05) is 12.1 Å². The molecule has 2 aliphatic heterocycles. The molecule has 6 heteroatoms. The molecule has 5 rings (SSSR count). The molecule has 3 aromatic rings. The zero-order chi connectivity index (χ0) is 21.6. The highest BCUT2D eigenvalue weighted by Crippen LogP contribution is 2.25. The van der Waals surface area contributed by atoms with E-state index < -0.39 is 0 Å².